The quantitative estimate of drug-likeness (QED) is 0.275. The molecule has 3 rings (SSSR count). The molecule has 1 atom stereocenters. The van der Waals surface area contributed by atoms with Crippen molar-refractivity contribution in [3.8, 4) is 0 Å². The Labute approximate surface area is 239 Å². The van der Waals surface area contributed by atoms with Crippen LogP contribution in [0.5, 0.6) is 0 Å². The Bertz CT molecular complexity index is 1180. The molecule has 1 fully saturated rings. The fourth-order valence-corrected chi connectivity index (χ4v) is 4.00. The first-order chi connectivity index (χ1) is 19.2. The van der Waals surface area contributed by atoms with Crippen molar-refractivity contribution < 1.29 is 41.8 Å². The predicted octanol–water partition coefficient (Wildman–Crippen LogP) is 3.86. The summed E-state index contributed by atoms with van der Waals surface area (Å²) in [5, 5.41) is 21.5. The van der Waals surface area contributed by atoms with Gasteiger partial charge in [-0.15, -0.1) is 0 Å². The van der Waals surface area contributed by atoms with Gasteiger partial charge in [0.15, 0.2) is 11.6 Å². The van der Waals surface area contributed by atoms with Gasteiger partial charge in [-0.1, -0.05) is 17.7 Å². The van der Waals surface area contributed by atoms with Crippen molar-refractivity contribution in [3.05, 3.63) is 58.1 Å². The molecule has 1 aliphatic rings. The molecule has 0 aliphatic carbocycles. The highest BCUT2D eigenvalue weighted by atomic mass is 35.5. The number of nitrogens with one attached hydrogen (secondary N) is 2. The first-order valence-corrected chi connectivity index (χ1v) is 13.0. The summed E-state index contributed by atoms with van der Waals surface area (Å²) in [6.07, 6.45) is -4.99. The maximum atomic E-state index is 14.6. The van der Waals surface area contributed by atoms with Crippen LogP contribution < -0.4 is 21.3 Å². The van der Waals surface area contributed by atoms with Gasteiger partial charge < -0.3 is 31.5 Å². The average molecular weight is 610 g/mol. The molecule has 0 bridgehead atoms. The maximum absolute atomic E-state index is 14.6. The van der Waals surface area contributed by atoms with Crippen molar-refractivity contribution in [2.75, 3.05) is 49.5 Å². The van der Waals surface area contributed by atoms with Crippen LogP contribution in [-0.2, 0) is 6.54 Å². The third-order valence-electron chi connectivity index (χ3n) is 6.04. The second-order valence-corrected chi connectivity index (χ2v) is 9.73. The van der Waals surface area contributed by atoms with Crippen molar-refractivity contribution in [2.45, 2.75) is 38.6 Å². The van der Waals surface area contributed by atoms with E-state index in [-0.39, 0.29) is 37.1 Å². The Balaban J connectivity index is 0.000000883. The highest BCUT2D eigenvalue weighted by Crippen LogP contribution is 2.31. The number of aliphatic hydroxyl groups excluding tert-OH is 2. The van der Waals surface area contributed by atoms with Gasteiger partial charge in [-0.3, -0.25) is 9.69 Å². The fraction of sp³-hybridized carbons (Fsp3) is 0.462. The highest BCUT2D eigenvalue weighted by molar-refractivity contribution is 6.31. The van der Waals surface area contributed by atoms with Crippen LogP contribution in [0.1, 0.15) is 35.7 Å². The molecule has 1 heterocycles. The van der Waals surface area contributed by atoms with Gasteiger partial charge in [-0.2, -0.15) is 13.2 Å². The van der Waals surface area contributed by atoms with E-state index in [1.54, 1.807) is 17.9 Å². The molecule has 3 amide bonds. The number of hydrogen-bond donors (Lipinski definition) is 5. The molecule has 15 heteroatoms. The molecule has 41 heavy (non-hydrogen) atoms. The summed E-state index contributed by atoms with van der Waals surface area (Å²) in [6, 6.07) is 5.93. The number of rotatable bonds is 9. The number of piperazine rings is 1. The van der Waals surface area contributed by atoms with Gasteiger partial charge in [-0.05, 0) is 37.6 Å². The molecule has 6 N–H and O–H groups in total. The van der Waals surface area contributed by atoms with Crippen LogP contribution in [0.15, 0.2) is 30.3 Å². The summed E-state index contributed by atoms with van der Waals surface area (Å²) in [4.78, 5) is 27.1. The molecule has 0 aromatic heterocycles. The molecule has 2 aromatic rings. The second kappa shape index (κ2) is 15.7. The Hall–Kier alpha value is -3.20. The molecule has 0 spiro atoms. The van der Waals surface area contributed by atoms with Crippen molar-refractivity contribution in [1.82, 2.24) is 10.2 Å². The summed E-state index contributed by atoms with van der Waals surface area (Å²) >= 11 is 6.11. The summed E-state index contributed by atoms with van der Waals surface area (Å²) in [7, 11) is 0. The molecule has 1 unspecified atom stereocenters. The highest BCUT2D eigenvalue weighted by Gasteiger charge is 2.29. The van der Waals surface area contributed by atoms with Crippen LogP contribution in [-0.4, -0.2) is 78.7 Å². The zero-order valence-corrected chi connectivity index (χ0v) is 23.0. The van der Waals surface area contributed by atoms with Crippen LogP contribution in [0.4, 0.5) is 38.1 Å². The number of nitrogens with zero attached hydrogens (tertiary/aromatic N) is 2. The Kier molecular flexibility index (Phi) is 13.0. The maximum Gasteiger partial charge on any atom is 0.390 e. The van der Waals surface area contributed by atoms with E-state index in [1.165, 1.54) is 12.1 Å². The first-order valence-electron chi connectivity index (χ1n) is 12.7. The predicted molar refractivity (Wildman–Crippen MR) is 145 cm³/mol. The van der Waals surface area contributed by atoms with Gasteiger partial charge in [0.05, 0.1) is 29.5 Å². The minimum absolute atomic E-state index is 0.0810. The van der Waals surface area contributed by atoms with Gasteiger partial charge >= 0.3 is 12.2 Å². The number of amides is 3. The number of hydrogen-bond acceptors (Lipinski definition) is 6. The van der Waals surface area contributed by atoms with Gasteiger partial charge in [0.1, 0.15) is 0 Å². The van der Waals surface area contributed by atoms with E-state index < -0.39 is 41.7 Å². The number of urea groups is 1. The minimum Gasteiger partial charge on any atom is -0.396 e. The van der Waals surface area contributed by atoms with E-state index in [9.17, 15) is 31.5 Å². The molecule has 1 saturated heterocycles. The number of benzene rings is 2. The Morgan fingerprint density at radius 1 is 1.10 bits per heavy atom. The lowest BCUT2D eigenvalue weighted by atomic mass is 10.1. The molecular formula is C26H33ClF5N5O4. The van der Waals surface area contributed by atoms with E-state index >= 15 is 0 Å². The van der Waals surface area contributed by atoms with E-state index in [0.717, 1.165) is 12.1 Å². The Morgan fingerprint density at radius 3 is 2.29 bits per heavy atom. The first kappa shape index (κ1) is 34.0. The van der Waals surface area contributed by atoms with E-state index in [1.807, 2.05) is 4.90 Å². The van der Waals surface area contributed by atoms with Crippen LogP contribution in [0.3, 0.4) is 0 Å². The molecule has 2 aromatic carbocycles. The van der Waals surface area contributed by atoms with Crippen LogP contribution in [0, 0.1) is 11.6 Å². The van der Waals surface area contributed by atoms with Crippen molar-refractivity contribution in [2.24, 2.45) is 5.73 Å². The Morgan fingerprint density at radius 2 is 1.76 bits per heavy atom. The lowest BCUT2D eigenvalue weighted by Crippen LogP contribution is -2.47. The summed E-state index contributed by atoms with van der Waals surface area (Å²) in [5.41, 5.74) is 4.97. The number of carbonyl (C=O) groups excluding carboxylic acids is 2. The zero-order chi connectivity index (χ0) is 30.7. The molecule has 9 nitrogen and oxygen atoms in total. The van der Waals surface area contributed by atoms with Crippen LogP contribution in [0.2, 0.25) is 5.02 Å². The minimum atomic E-state index is -4.23. The number of nitrogens with two attached hydrogens (primary N) is 1. The van der Waals surface area contributed by atoms with Gasteiger partial charge in [-0.25, -0.2) is 13.6 Å². The lowest BCUT2D eigenvalue weighted by Gasteiger charge is -2.37. The largest absolute Gasteiger partial charge is 0.396 e. The van der Waals surface area contributed by atoms with Gasteiger partial charge in [0.2, 0.25) is 0 Å². The number of carbonyl (C=O) groups is 2. The summed E-state index contributed by atoms with van der Waals surface area (Å²) in [5.74, 6) is -3.60. The third kappa shape index (κ3) is 11.3. The number of alkyl halides is 3. The molecular weight excluding hydrogens is 577 g/mol. The molecule has 228 valence electrons. The standard InChI is InChI=1S/C22H23ClF5N5O2.C4H10O2/c23-14-2-4-16(17(11-14)33-9-7-32(8-10-33)6-5-22(26,27)28)31-20(34)15-3-1-13(12-30-21(29)35)18(24)19(15)25;1-4(6)2-3-5/h1-4,11H,5-10,12H2,(H,31,34)(H3,29,30,35);4-6H,2-3H2,1H3. The fourth-order valence-electron chi connectivity index (χ4n) is 3.83. The van der Waals surface area contributed by atoms with Crippen molar-refractivity contribution in [1.29, 1.82) is 0 Å². The van der Waals surface area contributed by atoms with Crippen LogP contribution >= 0.6 is 11.6 Å². The van der Waals surface area contributed by atoms with Gasteiger partial charge in [0, 0.05) is 56.5 Å². The van der Waals surface area contributed by atoms with E-state index in [2.05, 4.69) is 10.6 Å². The topological polar surface area (TPSA) is 131 Å². The number of aliphatic hydroxyl groups is 2. The SMILES string of the molecule is CC(O)CCO.NC(=O)NCc1ccc(C(=O)Nc2ccc(Cl)cc2N2CCN(CCC(F)(F)F)CC2)c(F)c1F. The second-order valence-electron chi connectivity index (χ2n) is 9.29. The smallest absolute Gasteiger partial charge is 0.390 e. The summed E-state index contributed by atoms with van der Waals surface area (Å²) in [6.45, 7) is 2.78. The monoisotopic (exact) mass is 609 g/mol. The van der Waals surface area contributed by atoms with Gasteiger partial charge in [0.25, 0.3) is 5.91 Å². The lowest BCUT2D eigenvalue weighted by molar-refractivity contribution is -0.138. The van der Waals surface area contributed by atoms with Crippen molar-refractivity contribution in [3.63, 3.8) is 0 Å². The third-order valence-corrected chi connectivity index (χ3v) is 6.27. The number of anilines is 2. The number of primary amides is 1. The van der Waals surface area contributed by atoms with Crippen LogP contribution in [0.25, 0.3) is 0 Å². The van der Waals surface area contributed by atoms with Crippen molar-refractivity contribution >= 4 is 34.9 Å². The molecule has 1 aliphatic heterocycles. The normalized spacial score (nSPS) is 14.6. The molecule has 0 saturated carbocycles. The molecule has 0 radical (unpaired) electrons. The average Bonchev–Trinajstić information content (AvgIpc) is 2.89. The summed E-state index contributed by atoms with van der Waals surface area (Å²) < 4.78 is 66.4. The zero-order valence-electron chi connectivity index (χ0n) is 22.3. The van der Waals surface area contributed by atoms with E-state index in [0.29, 0.717) is 43.3 Å². The number of halogens is 6. The van der Waals surface area contributed by atoms with E-state index in [4.69, 9.17) is 27.5 Å².